The highest BCUT2D eigenvalue weighted by Crippen LogP contribution is 2.31. The van der Waals surface area contributed by atoms with Crippen molar-refractivity contribution in [2.75, 3.05) is 0 Å². The number of nitrogens with zero attached hydrogens (tertiary/aromatic N) is 1. The third kappa shape index (κ3) is 2.83. The minimum Gasteiger partial charge on any atom is -0.289 e. The molecule has 0 spiro atoms. The average molecular weight is 275 g/mol. The van der Waals surface area contributed by atoms with Crippen molar-refractivity contribution in [3.63, 3.8) is 0 Å². The minimum atomic E-state index is -0.278. The number of amides is 1. The molecule has 0 aliphatic rings. The van der Waals surface area contributed by atoms with Crippen molar-refractivity contribution in [2.24, 2.45) is 5.84 Å². The minimum absolute atomic E-state index is 0.183. The number of aryl methyl sites for hydroxylation is 1. The van der Waals surface area contributed by atoms with Crippen LogP contribution in [-0.4, -0.2) is 10.9 Å². The summed E-state index contributed by atoms with van der Waals surface area (Å²) in [6, 6.07) is 8.09. The molecule has 5 heteroatoms. The van der Waals surface area contributed by atoms with E-state index >= 15 is 0 Å². The van der Waals surface area contributed by atoms with Crippen molar-refractivity contribution in [3.8, 4) is 10.6 Å². The number of thiazole rings is 1. The first-order chi connectivity index (χ1) is 9.02. The molecule has 19 heavy (non-hydrogen) atoms. The van der Waals surface area contributed by atoms with E-state index in [1.165, 1.54) is 16.9 Å². The predicted molar refractivity (Wildman–Crippen MR) is 78.0 cm³/mol. The van der Waals surface area contributed by atoms with Crippen LogP contribution in [0, 0.1) is 6.92 Å². The van der Waals surface area contributed by atoms with Gasteiger partial charge in [0.1, 0.15) is 9.88 Å². The Morgan fingerprint density at radius 3 is 2.74 bits per heavy atom. The number of nitrogens with two attached hydrogens (primary N) is 1. The van der Waals surface area contributed by atoms with Crippen LogP contribution in [0.2, 0.25) is 0 Å². The summed E-state index contributed by atoms with van der Waals surface area (Å²) in [5.41, 5.74) is 5.18. The van der Waals surface area contributed by atoms with E-state index < -0.39 is 0 Å². The molecule has 2 rings (SSSR count). The molecule has 0 fully saturated rings. The zero-order chi connectivity index (χ0) is 14.0. The van der Waals surface area contributed by atoms with Crippen LogP contribution in [0.4, 0.5) is 0 Å². The summed E-state index contributed by atoms with van der Waals surface area (Å²) >= 11 is 1.38. The monoisotopic (exact) mass is 275 g/mol. The Balaban J connectivity index is 2.51. The second-order valence-electron chi connectivity index (χ2n) is 4.73. The number of hydrogen-bond acceptors (Lipinski definition) is 4. The van der Waals surface area contributed by atoms with Gasteiger partial charge in [0.05, 0.1) is 5.69 Å². The smallest absolute Gasteiger partial charge is 0.277 e. The highest BCUT2D eigenvalue weighted by molar-refractivity contribution is 7.17. The quantitative estimate of drug-likeness (QED) is 0.514. The molecule has 3 N–H and O–H groups in total. The molecule has 0 aliphatic carbocycles. The van der Waals surface area contributed by atoms with Gasteiger partial charge in [0.2, 0.25) is 0 Å². The molecular weight excluding hydrogens is 258 g/mol. The summed E-state index contributed by atoms with van der Waals surface area (Å²) in [4.78, 5) is 17.0. The number of aromatic nitrogens is 1. The predicted octanol–water partition coefficient (Wildman–Crippen LogP) is 2.85. The highest BCUT2D eigenvalue weighted by Gasteiger charge is 2.20. The highest BCUT2D eigenvalue weighted by atomic mass is 32.1. The number of benzene rings is 1. The third-order valence-electron chi connectivity index (χ3n) is 2.80. The summed E-state index contributed by atoms with van der Waals surface area (Å²) in [6.07, 6.45) is 0. The molecule has 1 aromatic carbocycles. The average Bonchev–Trinajstić information content (AvgIpc) is 2.83. The fraction of sp³-hybridized carbons (Fsp3) is 0.286. The van der Waals surface area contributed by atoms with Crippen molar-refractivity contribution >= 4 is 17.2 Å². The number of nitrogen functional groups attached to an aromatic ring is 1. The summed E-state index contributed by atoms with van der Waals surface area (Å²) < 4.78 is 0. The lowest BCUT2D eigenvalue weighted by Crippen LogP contribution is -2.30. The Hall–Kier alpha value is -1.72. The van der Waals surface area contributed by atoms with E-state index in [1.807, 2.05) is 39.0 Å². The summed E-state index contributed by atoms with van der Waals surface area (Å²) in [7, 11) is 0. The van der Waals surface area contributed by atoms with Gasteiger partial charge in [0.25, 0.3) is 5.91 Å². The molecule has 4 nitrogen and oxygen atoms in total. The van der Waals surface area contributed by atoms with Crippen molar-refractivity contribution in [3.05, 3.63) is 40.4 Å². The molecule has 0 atom stereocenters. The molecule has 0 unspecified atom stereocenters. The molecule has 0 radical (unpaired) electrons. The summed E-state index contributed by atoms with van der Waals surface area (Å²) in [5.74, 6) is 5.13. The second-order valence-corrected chi connectivity index (χ2v) is 5.73. The third-order valence-corrected chi connectivity index (χ3v) is 3.92. The Morgan fingerprint density at radius 1 is 1.42 bits per heavy atom. The first-order valence-electron chi connectivity index (χ1n) is 6.11. The number of carbonyl (C=O) groups is 1. The molecule has 1 amide bonds. The molecule has 0 saturated carbocycles. The van der Waals surface area contributed by atoms with Crippen LogP contribution in [0.3, 0.4) is 0 Å². The van der Waals surface area contributed by atoms with Crippen LogP contribution in [0.5, 0.6) is 0 Å². The fourth-order valence-electron chi connectivity index (χ4n) is 1.85. The SMILES string of the molecule is Cc1cccc(-c2nc(C(C)C)c(C(=O)NN)s2)c1. The van der Waals surface area contributed by atoms with Crippen LogP contribution in [0.15, 0.2) is 24.3 Å². The van der Waals surface area contributed by atoms with Crippen LogP contribution < -0.4 is 11.3 Å². The molecule has 2 aromatic rings. The maximum absolute atomic E-state index is 11.8. The largest absolute Gasteiger partial charge is 0.289 e. The zero-order valence-corrected chi connectivity index (χ0v) is 12.0. The van der Waals surface area contributed by atoms with Crippen molar-refractivity contribution in [1.82, 2.24) is 10.4 Å². The van der Waals surface area contributed by atoms with E-state index in [1.54, 1.807) is 0 Å². The van der Waals surface area contributed by atoms with E-state index in [0.29, 0.717) is 4.88 Å². The van der Waals surface area contributed by atoms with Gasteiger partial charge in [0.15, 0.2) is 0 Å². The summed E-state index contributed by atoms with van der Waals surface area (Å²) in [6.45, 7) is 6.07. The fourth-order valence-corrected chi connectivity index (χ4v) is 2.97. The molecule has 0 saturated heterocycles. The van der Waals surface area contributed by atoms with E-state index in [-0.39, 0.29) is 11.8 Å². The van der Waals surface area contributed by atoms with Crippen LogP contribution in [0.1, 0.15) is 40.7 Å². The van der Waals surface area contributed by atoms with Gasteiger partial charge >= 0.3 is 0 Å². The number of hydrazine groups is 1. The molecule has 1 heterocycles. The zero-order valence-electron chi connectivity index (χ0n) is 11.2. The van der Waals surface area contributed by atoms with Gasteiger partial charge in [-0.25, -0.2) is 10.8 Å². The number of nitrogens with one attached hydrogen (secondary N) is 1. The Bertz CT molecular complexity index is 604. The topological polar surface area (TPSA) is 68.0 Å². The maximum atomic E-state index is 11.8. The van der Waals surface area contributed by atoms with Gasteiger partial charge in [-0.2, -0.15) is 0 Å². The lowest BCUT2D eigenvalue weighted by atomic mass is 10.1. The van der Waals surface area contributed by atoms with Gasteiger partial charge in [-0.05, 0) is 18.9 Å². The Morgan fingerprint density at radius 2 is 2.16 bits per heavy atom. The molecule has 100 valence electrons. The van der Waals surface area contributed by atoms with Crippen molar-refractivity contribution in [1.29, 1.82) is 0 Å². The van der Waals surface area contributed by atoms with Gasteiger partial charge in [-0.15, -0.1) is 11.3 Å². The number of rotatable bonds is 3. The first kappa shape index (κ1) is 13.7. The van der Waals surface area contributed by atoms with Gasteiger partial charge in [0, 0.05) is 5.56 Å². The Kier molecular flexibility index (Phi) is 3.97. The normalized spacial score (nSPS) is 10.8. The number of hydrogen-bond donors (Lipinski definition) is 2. The molecule has 0 aliphatic heterocycles. The molecule has 1 aromatic heterocycles. The standard InChI is InChI=1S/C14H17N3OS/c1-8(2)11-12(13(18)17-15)19-14(16-11)10-6-4-5-9(3)7-10/h4-8H,15H2,1-3H3,(H,17,18). The van der Waals surface area contributed by atoms with E-state index in [0.717, 1.165) is 16.3 Å². The van der Waals surface area contributed by atoms with Crippen molar-refractivity contribution in [2.45, 2.75) is 26.7 Å². The number of carbonyl (C=O) groups excluding carboxylic acids is 1. The Labute approximate surface area is 116 Å². The lowest BCUT2D eigenvalue weighted by molar-refractivity contribution is 0.0956. The van der Waals surface area contributed by atoms with Crippen LogP contribution >= 0.6 is 11.3 Å². The van der Waals surface area contributed by atoms with Crippen LogP contribution in [-0.2, 0) is 0 Å². The molecular formula is C14H17N3OS. The lowest BCUT2D eigenvalue weighted by Gasteiger charge is -2.02. The van der Waals surface area contributed by atoms with Crippen molar-refractivity contribution < 1.29 is 4.79 Å². The van der Waals surface area contributed by atoms with Gasteiger partial charge < -0.3 is 0 Å². The summed E-state index contributed by atoms with van der Waals surface area (Å²) in [5, 5.41) is 0.853. The molecule has 0 bridgehead atoms. The maximum Gasteiger partial charge on any atom is 0.277 e. The first-order valence-corrected chi connectivity index (χ1v) is 6.93. The van der Waals surface area contributed by atoms with E-state index in [2.05, 4.69) is 16.5 Å². The van der Waals surface area contributed by atoms with Gasteiger partial charge in [-0.3, -0.25) is 10.2 Å². The van der Waals surface area contributed by atoms with E-state index in [4.69, 9.17) is 5.84 Å². The second kappa shape index (κ2) is 5.50. The van der Waals surface area contributed by atoms with Gasteiger partial charge in [-0.1, -0.05) is 37.6 Å². The van der Waals surface area contributed by atoms with E-state index in [9.17, 15) is 4.79 Å². The van der Waals surface area contributed by atoms with Crippen LogP contribution in [0.25, 0.3) is 10.6 Å².